The molecule has 0 saturated carbocycles. The maximum Gasteiger partial charge on any atom is 0.320 e. The highest BCUT2D eigenvalue weighted by atomic mass is 16.4. The summed E-state index contributed by atoms with van der Waals surface area (Å²) in [4.78, 5) is 21.6. The highest BCUT2D eigenvalue weighted by Gasteiger charge is 2.24. The van der Waals surface area contributed by atoms with Crippen molar-refractivity contribution in [3.05, 3.63) is 29.8 Å². The second-order valence-electron chi connectivity index (χ2n) is 4.09. The molecule has 0 amide bonds. The second-order valence-corrected chi connectivity index (χ2v) is 4.09. The van der Waals surface area contributed by atoms with Gasteiger partial charge in [0.05, 0.1) is 5.92 Å². The molecule has 0 aromatic heterocycles. The largest absolute Gasteiger partial charge is 0.508 e. The Morgan fingerprint density at radius 1 is 1.11 bits per heavy atom. The maximum atomic E-state index is 11.0. The number of phenolic OH excluding ortho intramolecular Hbond substituents is 1. The van der Waals surface area contributed by atoms with Crippen molar-refractivity contribution in [2.45, 2.75) is 18.9 Å². The van der Waals surface area contributed by atoms with Crippen LogP contribution in [0.3, 0.4) is 0 Å². The van der Waals surface area contributed by atoms with E-state index >= 15 is 0 Å². The predicted molar refractivity (Wildman–Crippen MR) is 63.2 cm³/mol. The Balaban J connectivity index is 2.71. The van der Waals surface area contributed by atoms with Crippen LogP contribution in [-0.2, 0) is 16.0 Å². The van der Waals surface area contributed by atoms with E-state index in [9.17, 15) is 9.59 Å². The van der Waals surface area contributed by atoms with Gasteiger partial charge in [0.1, 0.15) is 11.8 Å². The lowest BCUT2D eigenvalue weighted by Gasteiger charge is -2.14. The molecule has 0 aliphatic rings. The summed E-state index contributed by atoms with van der Waals surface area (Å²) in [5.74, 6) is -3.07. The minimum atomic E-state index is -1.22. The van der Waals surface area contributed by atoms with Gasteiger partial charge in [-0.3, -0.25) is 9.59 Å². The Morgan fingerprint density at radius 2 is 1.67 bits per heavy atom. The Bertz CT molecular complexity index is 429. The van der Waals surface area contributed by atoms with E-state index in [4.69, 9.17) is 21.1 Å². The van der Waals surface area contributed by atoms with E-state index in [0.29, 0.717) is 5.56 Å². The molecule has 0 spiro atoms. The molecule has 18 heavy (non-hydrogen) atoms. The number of rotatable bonds is 6. The fraction of sp³-hybridized carbons (Fsp3) is 0.333. The third-order valence-electron chi connectivity index (χ3n) is 2.62. The summed E-state index contributed by atoms with van der Waals surface area (Å²) in [5.41, 5.74) is 6.04. The molecule has 0 radical (unpaired) electrons. The van der Waals surface area contributed by atoms with Gasteiger partial charge in [0.25, 0.3) is 0 Å². The molecule has 1 unspecified atom stereocenters. The van der Waals surface area contributed by atoms with Crippen LogP contribution in [-0.4, -0.2) is 33.3 Å². The highest BCUT2D eigenvalue weighted by Crippen LogP contribution is 2.17. The number of nitrogens with two attached hydrogens (primary N) is 1. The number of benzene rings is 1. The van der Waals surface area contributed by atoms with Crippen molar-refractivity contribution in [3.8, 4) is 5.75 Å². The summed E-state index contributed by atoms with van der Waals surface area (Å²) in [6.07, 6.45) is 0.0438. The van der Waals surface area contributed by atoms with Crippen LogP contribution in [0, 0.1) is 5.92 Å². The smallest absolute Gasteiger partial charge is 0.320 e. The first-order valence-electron chi connectivity index (χ1n) is 5.39. The van der Waals surface area contributed by atoms with Crippen LogP contribution in [0.15, 0.2) is 24.3 Å². The monoisotopic (exact) mass is 253 g/mol. The number of carbonyl (C=O) groups is 2. The fourth-order valence-electron chi connectivity index (χ4n) is 1.60. The van der Waals surface area contributed by atoms with Gasteiger partial charge < -0.3 is 21.1 Å². The van der Waals surface area contributed by atoms with E-state index in [1.165, 1.54) is 12.1 Å². The molecular formula is C12H15NO5. The normalized spacial score (nSPS) is 13.8. The molecular weight excluding hydrogens is 238 g/mol. The third kappa shape index (κ3) is 4.06. The van der Waals surface area contributed by atoms with Crippen molar-refractivity contribution in [2.24, 2.45) is 11.7 Å². The molecule has 1 aromatic rings. The van der Waals surface area contributed by atoms with Gasteiger partial charge in [-0.15, -0.1) is 0 Å². The molecule has 0 bridgehead atoms. The topological polar surface area (TPSA) is 121 Å². The minimum Gasteiger partial charge on any atom is -0.508 e. The summed E-state index contributed by atoms with van der Waals surface area (Å²) in [5, 5.41) is 26.8. The summed E-state index contributed by atoms with van der Waals surface area (Å²) < 4.78 is 0. The van der Waals surface area contributed by atoms with Crippen LogP contribution in [0.1, 0.15) is 12.0 Å². The second kappa shape index (κ2) is 6.02. The number of hydrogen-bond donors (Lipinski definition) is 4. The van der Waals surface area contributed by atoms with Crippen LogP contribution in [0.25, 0.3) is 0 Å². The van der Waals surface area contributed by atoms with Crippen molar-refractivity contribution in [1.29, 1.82) is 0 Å². The Kier molecular flexibility index (Phi) is 4.67. The molecule has 6 heteroatoms. The molecule has 98 valence electrons. The molecule has 6 nitrogen and oxygen atoms in total. The Morgan fingerprint density at radius 3 is 2.11 bits per heavy atom. The standard InChI is InChI=1S/C12H15NO5/c13-10(12(17)18)6-8(11(15)16)5-7-1-3-9(14)4-2-7/h1-4,8,10,14H,5-6,13H2,(H,15,16)(H,17,18)/t8?,10-/m0/s1. The molecule has 0 saturated heterocycles. The number of carboxylic acid groups (broad SMARTS) is 2. The van der Waals surface area contributed by atoms with Gasteiger partial charge in [0.15, 0.2) is 0 Å². The predicted octanol–water partition coefficient (Wildman–Crippen LogP) is 0.437. The molecule has 0 heterocycles. The lowest BCUT2D eigenvalue weighted by molar-refractivity contribution is -0.143. The van der Waals surface area contributed by atoms with Crippen LogP contribution in [0.5, 0.6) is 5.75 Å². The zero-order chi connectivity index (χ0) is 13.7. The van der Waals surface area contributed by atoms with Crippen molar-refractivity contribution < 1.29 is 24.9 Å². The zero-order valence-corrected chi connectivity index (χ0v) is 9.61. The SMILES string of the molecule is N[C@@H](CC(Cc1ccc(O)cc1)C(=O)O)C(=O)O. The summed E-state index contributed by atoms with van der Waals surface area (Å²) in [7, 11) is 0. The number of carboxylic acids is 2. The number of hydrogen-bond acceptors (Lipinski definition) is 4. The van der Waals surface area contributed by atoms with Gasteiger partial charge in [-0.25, -0.2) is 0 Å². The van der Waals surface area contributed by atoms with E-state index < -0.39 is 23.9 Å². The lowest BCUT2D eigenvalue weighted by atomic mass is 9.93. The van der Waals surface area contributed by atoms with Crippen molar-refractivity contribution >= 4 is 11.9 Å². The Hall–Kier alpha value is -2.08. The van der Waals surface area contributed by atoms with Gasteiger partial charge in [-0.2, -0.15) is 0 Å². The number of phenols is 1. The van der Waals surface area contributed by atoms with E-state index in [2.05, 4.69) is 0 Å². The van der Waals surface area contributed by atoms with Gasteiger partial charge in [-0.05, 0) is 30.5 Å². The van der Waals surface area contributed by atoms with Crippen molar-refractivity contribution in [3.63, 3.8) is 0 Å². The van der Waals surface area contributed by atoms with E-state index in [1.54, 1.807) is 12.1 Å². The van der Waals surface area contributed by atoms with Crippen molar-refractivity contribution in [2.75, 3.05) is 0 Å². The summed E-state index contributed by atoms with van der Waals surface area (Å²) in [6.45, 7) is 0. The van der Waals surface area contributed by atoms with Crippen LogP contribution < -0.4 is 5.73 Å². The van der Waals surface area contributed by atoms with Crippen LogP contribution in [0.4, 0.5) is 0 Å². The summed E-state index contributed by atoms with van der Waals surface area (Å²) >= 11 is 0. The Labute approximate surface area is 104 Å². The fourth-order valence-corrected chi connectivity index (χ4v) is 1.60. The van der Waals surface area contributed by atoms with Gasteiger partial charge in [0, 0.05) is 0 Å². The molecule has 0 aliphatic carbocycles. The first kappa shape index (κ1) is 14.0. The lowest BCUT2D eigenvalue weighted by Crippen LogP contribution is -2.35. The molecule has 1 aromatic carbocycles. The van der Waals surface area contributed by atoms with Crippen LogP contribution >= 0.6 is 0 Å². The van der Waals surface area contributed by atoms with E-state index in [1.807, 2.05) is 0 Å². The molecule has 2 atom stereocenters. The van der Waals surface area contributed by atoms with Gasteiger partial charge in [-0.1, -0.05) is 12.1 Å². The average Bonchev–Trinajstić information content (AvgIpc) is 2.30. The first-order chi connectivity index (χ1) is 8.40. The van der Waals surface area contributed by atoms with Gasteiger partial charge in [0.2, 0.25) is 0 Å². The molecule has 0 fully saturated rings. The minimum absolute atomic E-state index is 0.0906. The third-order valence-corrected chi connectivity index (χ3v) is 2.62. The quantitative estimate of drug-likeness (QED) is 0.583. The van der Waals surface area contributed by atoms with Crippen molar-refractivity contribution in [1.82, 2.24) is 0 Å². The maximum absolute atomic E-state index is 11.0. The average molecular weight is 253 g/mol. The number of aliphatic carboxylic acids is 2. The molecule has 0 aliphatic heterocycles. The number of aromatic hydroxyl groups is 1. The highest BCUT2D eigenvalue weighted by molar-refractivity contribution is 5.76. The zero-order valence-electron chi connectivity index (χ0n) is 9.61. The van der Waals surface area contributed by atoms with E-state index in [-0.39, 0.29) is 18.6 Å². The van der Waals surface area contributed by atoms with E-state index in [0.717, 1.165) is 0 Å². The van der Waals surface area contributed by atoms with Crippen LogP contribution in [0.2, 0.25) is 0 Å². The molecule has 1 rings (SSSR count). The summed E-state index contributed by atoms with van der Waals surface area (Å²) in [6, 6.07) is 4.90. The molecule has 5 N–H and O–H groups in total. The van der Waals surface area contributed by atoms with Gasteiger partial charge >= 0.3 is 11.9 Å². The first-order valence-corrected chi connectivity index (χ1v) is 5.39.